The minimum atomic E-state index is -4.07. The second kappa shape index (κ2) is 6.16. The molecule has 118 valence electrons. The molecule has 0 aliphatic carbocycles. The molecule has 0 unspecified atom stereocenters. The van der Waals surface area contributed by atoms with Gasteiger partial charge < -0.3 is 4.74 Å². The van der Waals surface area contributed by atoms with Crippen LogP contribution in [0.2, 0.25) is 0 Å². The molecule has 0 fully saturated rings. The van der Waals surface area contributed by atoms with E-state index in [9.17, 15) is 22.0 Å². The summed E-state index contributed by atoms with van der Waals surface area (Å²) in [5.74, 6) is -4.57. The Morgan fingerprint density at radius 1 is 0.955 bits per heavy atom. The molecule has 2 aromatic rings. The Morgan fingerprint density at radius 3 is 2.05 bits per heavy atom. The number of thioether (sulfide) groups is 1. The summed E-state index contributed by atoms with van der Waals surface area (Å²) in [6.45, 7) is 1.40. The highest BCUT2D eigenvalue weighted by Gasteiger charge is 2.37. The van der Waals surface area contributed by atoms with Crippen molar-refractivity contribution in [3.8, 4) is 5.75 Å². The van der Waals surface area contributed by atoms with Crippen LogP contribution in [0.15, 0.2) is 35.2 Å². The monoisotopic (exact) mass is 334 g/mol. The Bertz CT molecular complexity index is 679. The number of hydrogen-bond donors (Lipinski definition) is 0. The quantitative estimate of drug-likeness (QED) is 0.557. The van der Waals surface area contributed by atoms with Gasteiger partial charge in [0.25, 0.3) is 0 Å². The maximum Gasteiger partial charge on any atom is 0.427 e. The van der Waals surface area contributed by atoms with Gasteiger partial charge in [-0.25, -0.2) is 13.2 Å². The largest absolute Gasteiger partial charge is 0.427 e. The molecular weight excluding hydrogens is 323 g/mol. The molecule has 0 amide bonds. The summed E-state index contributed by atoms with van der Waals surface area (Å²) >= 11 is 1.05. The highest BCUT2D eigenvalue weighted by Crippen LogP contribution is 2.36. The van der Waals surface area contributed by atoms with Crippen molar-refractivity contribution in [3.63, 3.8) is 0 Å². The number of rotatable bonds is 4. The van der Waals surface area contributed by atoms with Gasteiger partial charge in [0.15, 0.2) is 17.4 Å². The minimum absolute atomic E-state index is 0.168. The second-order valence-electron chi connectivity index (χ2n) is 4.50. The highest BCUT2D eigenvalue weighted by atomic mass is 32.2. The first-order valence-electron chi connectivity index (χ1n) is 6.11. The van der Waals surface area contributed by atoms with Crippen LogP contribution in [0.4, 0.5) is 22.0 Å². The normalized spacial score (nSPS) is 11.6. The van der Waals surface area contributed by atoms with Crippen molar-refractivity contribution in [2.24, 2.45) is 0 Å². The molecule has 0 aliphatic heterocycles. The Morgan fingerprint density at radius 2 is 1.55 bits per heavy atom. The lowest BCUT2D eigenvalue weighted by Crippen LogP contribution is -2.23. The summed E-state index contributed by atoms with van der Waals surface area (Å²) in [5, 5.41) is 0. The smallest absolute Gasteiger partial charge is 0.423 e. The van der Waals surface area contributed by atoms with Gasteiger partial charge >= 0.3 is 6.11 Å². The third-order valence-electron chi connectivity index (χ3n) is 2.95. The number of alkyl halides is 2. The molecule has 2 rings (SSSR count). The van der Waals surface area contributed by atoms with E-state index in [1.54, 1.807) is 6.26 Å². The lowest BCUT2D eigenvalue weighted by atomic mass is 10.1. The zero-order valence-corrected chi connectivity index (χ0v) is 12.4. The Hall–Kier alpha value is -1.76. The highest BCUT2D eigenvalue weighted by molar-refractivity contribution is 7.98. The molecule has 1 nitrogen and oxygen atoms in total. The van der Waals surface area contributed by atoms with Gasteiger partial charge in [-0.3, -0.25) is 0 Å². The zero-order valence-electron chi connectivity index (χ0n) is 11.6. The maximum absolute atomic E-state index is 14.0. The molecule has 0 aromatic heterocycles. The van der Waals surface area contributed by atoms with E-state index in [0.29, 0.717) is 6.07 Å². The van der Waals surface area contributed by atoms with Crippen molar-refractivity contribution in [2.45, 2.75) is 17.9 Å². The van der Waals surface area contributed by atoms with Gasteiger partial charge in [-0.05, 0) is 43.0 Å². The summed E-state index contributed by atoms with van der Waals surface area (Å²) < 4.78 is 72.9. The molecule has 0 heterocycles. The van der Waals surface area contributed by atoms with Gasteiger partial charge in [0.2, 0.25) is 0 Å². The molecule has 0 bridgehead atoms. The number of halogens is 5. The lowest BCUT2D eigenvalue weighted by molar-refractivity contribution is -0.188. The van der Waals surface area contributed by atoms with E-state index in [-0.39, 0.29) is 10.5 Å². The van der Waals surface area contributed by atoms with Gasteiger partial charge in [-0.2, -0.15) is 8.78 Å². The number of aryl methyl sites for hydroxylation is 1. The molecule has 0 aliphatic rings. The van der Waals surface area contributed by atoms with Crippen molar-refractivity contribution in [1.82, 2.24) is 0 Å². The average Bonchev–Trinajstić information content (AvgIpc) is 2.45. The van der Waals surface area contributed by atoms with Crippen LogP contribution in [0.25, 0.3) is 0 Å². The molecule has 2 aromatic carbocycles. The maximum atomic E-state index is 14.0. The van der Waals surface area contributed by atoms with E-state index in [1.807, 2.05) is 0 Å². The van der Waals surface area contributed by atoms with Gasteiger partial charge in [0.1, 0.15) is 5.82 Å². The zero-order chi connectivity index (χ0) is 16.5. The van der Waals surface area contributed by atoms with Crippen LogP contribution in [0, 0.1) is 24.4 Å². The van der Waals surface area contributed by atoms with Crippen molar-refractivity contribution in [1.29, 1.82) is 0 Å². The molecule has 0 radical (unpaired) electrons. The van der Waals surface area contributed by atoms with Crippen molar-refractivity contribution < 1.29 is 26.7 Å². The molecule has 0 saturated heterocycles. The van der Waals surface area contributed by atoms with Crippen LogP contribution in [-0.2, 0) is 6.11 Å². The first-order valence-corrected chi connectivity index (χ1v) is 7.33. The van der Waals surface area contributed by atoms with Gasteiger partial charge in [0, 0.05) is 4.90 Å². The van der Waals surface area contributed by atoms with Crippen LogP contribution in [0.1, 0.15) is 11.1 Å². The minimum Gasteiger partial charge on any atom is -0.423 e. The van der Waals surface area contributed by atoms with E-state index in [1.165, 1.54) is 6.92 Å². The number of benzene rings is 2. The predicted molar refractivity (Wildman–Crippen MR) is 73.8 cm³/mol. The van der Waals surface area contributed by atoms with Crippen molar-refractivity contribution in [2.75, 3.05) is 6.26 Å². The van der Waals surface area contributed by atoms with Gasteiger partial charge in [-0.15, -0.1) is 11.8 Å². The Balaban J connectivity index is 2.38. The number of hydrogen-bond acceptors (Lipinski definition) is 2. The number of ether oxygens (including phenoxy) is 1. The summed E-state index contributed by atoms with van der Waals surface area (Å²) in [5.41, 5.74) is -0.662. The Kier molecular flexibility index (Phi) is 4.65. The molecule has 0 N–H and O–H groups in total. The molecule has 22 heavy (non-hydrogen) atoms. The standard InChI is InChI=1S/C15H11F5OS/c1-8-3-4-9(5-11(8)16)15(19,20)21-14-12(17)6-10(22-2)7-13(14)18/h3-7H,1-2H3. The van der Waals surface area contributed by atoms with Crippen LogP contribution >= 0.6 is 11.8 Å². The average molecular weight is 334 g/mol. The molecular formula is C15H11F5OS. The summed E-state index contributed by atoms with van der Waals surface area (Å²) in [6.07, 6.45) is -2.49. The third-order valence-corrected chi connectivity index (χ3v) is 3.65. The van der Waals surface area contributed by atoms with E-state index in [2.05, 4.69) is 4.74 Å². The topological polar surface area (TPSA) is 9.23 Å². The molecule has 0 atom stereocenters. The first kappa shape index (κ1) is 16.6. The summed E-state index contributed by atoms with van der Waals surface area (Å²) in [6, 6.07) is 4.40. The fourth-order valence-electron chi connectivity index (χ4n) is 1.71. The van der Waals surface area contributed by atoms with Gasteiger partial charge in [-0.1, -0.05) is 6.07 Å². The predicted octanol–water partition coefficient (Wildman–Crippen LogP) is 5.26. The van der Waals surface area contributed by atoms with E-state index < -0.39 is 34.9 Å². The van der Waals surface area contributed by atoms with Crippen LogP contribution in [0.3, 0.4) is 0 Å². The van der Waals surface area contributed by atoms with Crippen molar-refractivity contribution in [3.05, 3.63) is 58.9 Å². The summed E-state index contributed by atoms with van der Waals surface area (Å²) in [7, 11) is 0. The molecule has 0 spiro atoms. The van der Waals surface area contributed by atoms with Crippen LogP contribution in [0.5, 0.6) is 5.75 Å². The fourth-order valence-corrected chi connectivity index (χ4v) is 2.16. The molecule has 0 saturated carbocycles. The lowest BCUT2D eigenvalue weighted by Gasteiger charge is -2.19. The van der Waals surface area contributed by atoms with E-state index >= 15 is 0 Å². The van der Waals surface area contributed by atoms with Crippen LogP contribution < -0.4 is 4.74 Å². The molecule has 7 heteroatoms. The van der Waals surface area contributed by atoms with Gasteiger partial charge in [0.05, 0.1) is 5.56 Å². The van der Waals surface area contributed by atoms with Crippen LogP contribution in [-0.4, -0.2) is 6.26 Å². The SMILES string of the molecule is CSc1cc(F)c(OC(F)(F)c2ccc(C)c(F)c2)c(F)c1. The second-order valence-corrected chi connectivity index (χ2v) is 5.38. The van der Waals surface area contributed by atoms with E-state index in [0.717, 1.165) is 36.0 Å². The Labute approximate surface area is 128 Å². The fraction of sp³-hybridized carbons (Fsp3) is 0.200. The summed E-state index contributed by atoms with van der Waals surface area (Å²) in [4.78, 5) is 0.229. The first-order chi connectivity index (χ1) is 10.2. The third kappa shape index (κ3) is 3.35. The van der Waals surface area contributed by atoms with E-state index in [4.69, 9.17) is 0 Å². The van der Waals surface area contributed by atoms with Crippen molar-refractivity contribution >= 4 is 11.8 Å².